The molecule has 0 unspecified atom stereocenters. The summed E-state index contributed by atoms with van der Waals surface area (Å²) < 4.78 is 5.98. The Balaban J connectivity index is 1.96. The first-order valence-electron chi connectivity index (χ1n) is 8.65. The number of rotatable bonds is 9. The van der Waals surface area contributed by atoms with Crippen molar-refractivity contribution < 1.29 is 4.74 Å². The third kappa shape index (κ3) is 5.66. The highest BCUT2D eigenvalue weighted by Gasteiger charge is 2.16. The molecule has 0 bridgehead atoms. The lowest BCUT2D eigenvalue weighted by atomic mass is 10.1. The van der Waals surface area contributed by atoms with Crippen LogP contribution in [0.25, 0.3) is 0 Å². The van der Waals surface area contributed by atoms with Gasteiger partial charge in [-0.05, 0) is 49.8 Å². The summed E-state index contributed by atoms with van der Waals surface area (Å²) in [5, 5.41) is 3.46. The van der Waals surface area contributed by atoms with Crippen LogP contribution in [-0.2, 0) is 13.0 Å². The van der Waals surface area contributed by atoms with Crippen LogP contribution in [0.2, 0.25) is 0 Å². The van der Waals surface area contributed by atoms with E-state index in [4.69, 9.17) is 4.74 Å². The second-order valence-electron chi connectivity index (χ2n) is 6.19. The molecule has 3 nitrogen and oxygen atoms in total. The van der Waals surface area contributed by atoms with Crippen LogP contribution in [0.4, 0.5) is 0 Å². The van der Waals surface area contributed by atoms with Gasteiger partial charge in [-0.1, -0.05) is 33.1 Å². The largest absolute Gasteiger partial charge is 0.477 e. The summed E-state index contributed by atoms with van der Waals surface area (Å²) in [7, 11) is 0. The predicted octanol–water partition coefficient (Wildman–Crippen LogP) is 4.10. The molecular formula is C18H30N2O. The molecule has 0 amide bonds. The highest BCUT2D eigenvalue weighted by molar-refractivity contribution is 5.25. The van der Waals surface area contributed by atoms with Crippen molar-refractivity contribution in [1.82, 2.24) is 10.3 Å². The Kier molecular flexibility index (Phi) is 7.01. The maximum atomic E-state index is 5.98. The second kappa shape index (κ2) is 9.04. The molecular weight excluding hydrogens is 260 g/mol. The summed E-state index contributed by atoms with van der Waals surface area (Å²) in [5.41, 5.74) is 2.46. The van der Waals surface area contributed by atoms with E-state index in [1.54, 1.807) is 0 Å². The molecule has 1 aromatic heterocycles. The fraction of sp³-hybridized carbons (Fsp3) is 0.722. The number of aromatic nitrogens is 1. The lowest BCUT2D eigenvalue weighted by Crippen LogP contribution is -2.15. The van der Waals surface area contributed by atoms with Gasteiger partial charge in [0.15, 0.2) is 0 Å². The lowest BCUT2D eigenvalue weighted by molar-refractivity contribution is 0.242. The van der Waals surface area contributed by atoms with E-state index in [1.807, 2.05) is 0 Å². The van der Waals surface area contributed by atoms with Gasteiger partial charge < -0.3 is 10.1 Å². The first kappa shape index (κ1) is 16.3. The van der Waals surface area contributed by atoms with E-state index in [2.05, 4.69) is 36.3 Å². The second-order valence-corrected chi connectivity index (χ2v) is 6.19. The number of aryl methyl sites for hydroxylation is 1. The molecule has 118 valence electrons. The quantitative estimate of drug-likeness (QED) is 0.695. The molecule has 1 saturated carbocycles. The van der Waals surface area contributed by atoms with Gasteiger partial charge in [0.1, 0.15) is 0 Å². The molecule has 0 saturated heterocycles. The minimum atomic E-state index is 0.739. The fourth-order valence-corrected chi connectivity index (χ4v) is 2.97. The SMILES string of the molecule is CCCNCc1cc(CCC)nc(OCC2CCCC2)c1. The summed E-state index contributed by atoms with van der Waals surface area (Å²) in [6.45, 7) is 7.20. The molecule has 21 heavy (non-hydrogen) atoms. The third-order valence-corrected chi connectivity index (χ3v) is 4.12. The Bertz CT molecular complexity index is 414. The van der Waals surface area contributed by atoms with Crippen molar-refractivity contribution in [2.75, 3.05) is 13.2 Å². The predicted molar refractivity (Wildman–Crippen MR) is 87.7 cm³/mol. The van der Waals surface area contributed by atoms with Crippen LogP contribution in [0.1, 0.15) is 63.6 Å². The molecule has 1 N–H and O–H groups in total. The fourth-order valence-electron chi connectivity index (χ4n) is 2.97. The van der Waals surface area contributed by atoms with E-state index >= 15 is 0 Å². The summed E-state index contributed by atoms with van der Waals surface area (Å²) in [6, 6.07) is 4.32. The minimum Gasteiger partial charge on any atom is -0.477 e. The Hall–Kier alpha value is -1.09. The Labute approximate surface area is 129 Å². The standard InChI is InChI=1S/C18H30N2O/c1-3-7-17-11-16(13-19-10-4-2)12-18(20-17)21-14-15-8-5-6-9-15/h11-12,15,19H,3-10,13-14H2,1-2H3. The zero-order valence-corrected chi connectivity index (χ0v) is 13.7. The van der Waals surface area contributed by atoms with Gasteiger partial charge in [-0.2, -0.15) is 0 Å². The number of nitrogens with one attached hydrogen (secondary N) is 1. The highest BCUT2D eigenvalue weighted by Crippen LogP contribution is 2.25. The van der Waals surface area contributed by atoms with E-state index < -0.39 is 0 Å². The maximum absolute atomic E-state index is 5.98. The van der Waals surface area contributed by atoms with E-state index in [-0.39, 0.29) is 0 Å². The van der Waals surface area contributed by atoms with Gasteiger partial charge in [-0.3, -0.25) is 0 Å². The summed E-state index contributed by atoms with van der Waals surface area (Å²) >= 11 is 0. The summed E-state index contributed by atoms with van der Waals surface area (Å²) in [5.74, 6) is 1.56. The normalized spacial score (nSPS) is 15.5. The molecule has 0 radical (unpaired) electrons. The van der Waals surface area contributed by atoms with Crippen molar-refractivity contribution >= 4 is 0 Å². The average Bonchev–Trinajstić information content (AvgIpc) is 2.99. The van der Waals surface area contributed by atoms with Crippen LogP contribution in [-0.4, -0.2) is 18.1 Å². The van der Waals surface area contributed by atoms with E-state index in [9.17, 15) is 0 Å². The van der Waals surface area contributed by atoms with Gasteiger partial charge in [0.05, 0.1) is 6.61 Å². The maximum Gasteiger partial charge on any atom is 0.213 e. The lowest BCUT2D eigenvalue weighted by Gasteiger charge is -2.13. The van der Waals surface area contributed by atoms with Gasteiger partial charge in [0, 0.05) is 18.3 Å². The molecule has 0 atom stereocenters. The zero-order valence-electron chi connectivity index (χ0n) is 13.7. The molecule has 1 aromatic rings. The Morgan fingerprint density at radius 1 is 1.19 bits per heavy atom. The van der Waals surface area contributed by atoms with Crippen LogP contribution >= 0.6 is 0 Å². The van der Waals surface area contributed by atoms with Crippen LogP contribution in [0.3, 0.4) is 0 Å². The molecule has 2 rings (SSSR count). The van der Waals surface area contributed by atoms with Gasteiger partial charge >= 0.3 is 0 Å². The zero-order chi connectivity index (χ0) is 14.9. The number of hydrogen-bond donors (Lipinski definition) is 1. The van der Waals surface area contributed by atoms with Crippen molar-refractivity contribution in [3.63, 3.8) is 0 Å². The third-order valence-electron chi connectivity index (χ3n) is 4.12. The van der Waals surface area contributed by atoms with Crippen molar-refractivity contribution in [1.29, 1.82) is 0 Å². The van der Waals surface area contributed by atoms with Crippen LogP contribution < -0.4 is 10.1 Å². The number of ether oxygens (including phenoxy) is 1. The molecule has 1 aliphatic carbocycles. The first-order chi connectivity index (χ1) is 10.3. The number of nitrogens with zero attached hydrogens (tertiary/aromatic N) is 1. The van der Waals surface area contributed by atoms with Crippen molar-refractivity contribution in [3.8, 4) is 5.88 Å². The van der Waals surface area contributed by atoms with Crippen LogP contribution in [0.5, 0.6) is 5.88 Å². The van der Waals surface area contributed by atoms with Crippen LogP contribution in [0.15, 0.2) is 12.1 Å². The van der Waals surface area contributed by atoms with Crippen molar-refractivity contribution in [2.24, 2.45) is 5.92 Å². The van der Waals surface area contributed by atoms with Crippen molar-refractivity contribution in [2.45, 2.75) is 65.3 Å². The highest BCUT2D eigenvalue weighted by atomic mass is 16.5. The van der Waals surface area contributed by atoms with E-state index in [0.29, 0.717) is 0 Å². The summed E-state index contributed by atoms with van der Waals surface area (Å²) in [4.78, 5) is 4.66. The van der Waals surface area contributed by atoms with Crippen LogP contribution in [0, 0.1) is 5.92 Å². The molecule has 3 heteroatoms. The molecule has 0 aliphatic heterocycles. The smallest absolute Gasteiger partial charge is 0.213 e. The number of pyridine rings is 1. The van der Waals surface area contributed by atoms with E-state index in [1.165, 1.54) is 31.2 Å². The number of hydrogen-bond acceptors (Lipinski definition) is 3. The topological polar surface area (TPSA) is 34.2 Å². The minimum absolute atomic E-state index is 0.739. The van der Waals surface area contributed by atoms with Gasteiger partial charge in [-0.15, -0.1) is 0 Å². The van der Waals surface area contributed by atoms with E-state index in [0.717, 1.165) is 56.5 Å². The first-order valence-corrected chi connectivity index (χ1v) is 8.65. The molecule has 1 aliphatic rings. The molecule has 1 heterocycles. The molecule has 0 aromatic carbocycles. The molecule has 0 spiro atoms. The summed E-state index contributed by atoms with van der Waals surface area (Å²) in [6.07, 6.45) is 8.69. The molecule has 1 fully saturated rings. The Morgan fingerprint density at radius 2 is 2.00 bits per heavy atom. The van der Waals surface area contributed by atoms with Gasteiger partial charge in [-0.25, -0.2) is 4.98 Å². The Morgan fingerprint density at radius 3 is 2.71 bits per heavy atom. The van der Waals surface area contributed by atoms with Crippen molar-refractivity contribution in [3.05, 3.63) is 23.4 Å². The monoisotopic (exact) mass is 290 g/mol. The van der Waals surface area contributed by atoms with Gasteiger partial charge in [0.25, 0.3) is 0 Å². The van der Waals surface area contributed by atoms with Gasteiger partial charge in [0.2, 0.25) is 5.88 Å². The average molecular weight is 290 g/mol.